The molecule has 7 heteroatoms. The lowest BCUT2D eigenvalue weighted by molar-refractivity contribution is 0.257. The van der Waals surface area contributed by atoms with Crippen molar-refractivity contribution in [2.24, 2.45) is 10.7 Å². The number of rotatable bonds is 5. The second-order valence-electron chi connectivity index (χ2n) is 7.63. The molecule has 0 aliphatic carbocycles. The summed E-state index contributed by atoms with van der Waals surface area (Å²) in [4.78, 5) is 14.8. The first-order valence-corrected chi connectivity index (χ1v) is 10.0. The summed E-state index contributed by atoms with van der Waals surface area (Å²) in [5.74, 6) is 0.0103. The normalized spacial score (nSPS) is 16.9. The minimum Gasteiger partial charge on any atom is -0.482 e. The molecule has 0 bridgehead atoms. The number of benzene rings is 1. The van der Waals surface area contributed by atoms with Gasteiger partial charge in [0.1, 0.15) is 11.5 Å². The van der Waals surface area contributed by atoms with Crippen LogP contribution in [0.15, 0.2) is 53.6 Å². The Hall–Kier alpha value is -3.19. The van der Waals surface area contributed by atoms with Crippen LogP contribution in [0.2, 0.25) is 0 Å². The number of nitrogens with two attached hydrogens (primary N) is 1. The van der Waals surface area contributed by atoms with Gasteiger partial charge < -0.3 is 20.4 Å². The lowest BCUT2D eigenvalue weighted by Crippen LogP contribution is -2.32. The number of pyridine rings is 1. The summed E-state index contributed by atoms with van der Waals surface area (Å²) in [6, 6.07) is 8.77. The van der Waals surface area contributed by atoms with Gasteiger partial charge in [0.2, 0.25) is 0 Å². The zero-order chi connectivity index (χ0) is 21.1. The van der Waals surface area contributed by atoms with E-state index in [2.05, 4.69) is 21.9 Å². The minimum absolute atomic E-state index is 0.271. The highest BCUT2D eigenvalue weighted by Crippen LogP contribution is 2.30. The molecule has 1 aliphatic rings. The second-order valence-corrected chi connectivity index (χ2v) is 7.63. The van der Waals surface area contributed by atoms with Gasteiger partial charge in [-0.3, -0.25) is 4.99 Å². The maximum Gasteiger partial charge on any atom is 0.193 e. The van der Waals surface area contributed by atoms with Crippen molar-refractivity contribution in [3.05, 3.63) is 60.0 Å². The lowest BCUT2D eigenvalue weighted by atomic mass is 10.0. The van der Waals surface area contributed by atoms with E-state index in [-0.39, 0.29) is 17.7 Å². The number of ether oxygens (including phenoxy) is 1. The van der Waals surface area contributed by atoms with Gasteiger partial charge in [-0.05, 0) is 56.7 Å². The molecule has 1 saturated heterocycles. The molecule has 0 amide bonds. The van der Waals surface area contributed by atoms with Crippen LogP contribution in [-0.2, 0) is 4.74 Å². The Bertz CT molecular complexity index is 1100. The number of aromatic nitrogens is 2. The van der Waals surface area contributed by atoms with Crippen molar-refractivity contribution in [1.29, 1.82) is 0 Å². The summed E-state index contributed by atoms with van der Waals surface area (Å²) < 4.78 is 19.1. The molecule has 1 fully saturated rings. The van der Waals surface area contributed by atoms with E-state index >= 15 is 0 Å². The number of nitrogens with one attached hydrogen (secondary N) is 1. The topological polar surface area (TPSA) is 79.5 Å². The van der Waals surface area contributed by atoms with Crippen molar-refractivity contribution in [1.82, 2.24) is 14.9 Å². The summed E-state index contributed by atoms with van der Waals surface area (Å²) in [5, 5.41) is 0.882. The molecule has 156 valence electrons. The predicted molar refractivity (Wildman–Crippen MR) is 119 cm³/mol. The number of piperidine rings is 1. The molecule has 4 rings (SSSR count). The standard InChI is InChI=1S/C23H26FN5O/c1-29-8-6-18(7-9-29)26-14-21(22(25)30-2)16-11-19-20(13-28-23(19)27-12-16)15-4-3-5-17(24)10-15/h3-5,10-14,18H,6-9,25H2,1-2H3,(H,27,28)/b22-21-,26-14?. The Kier molecular flexibility index (Phi) is 5.81. The van der Waals surface area contributed by atoms with E-state index in [9.17, 15) is 4.39 Å². The average Bonchev–Trinajstić information content (AvgIpc) is 3.18. The molecule has 3 N–H and O–H groups in total. The van der Waals surface area contributed by atoms with Crippen LogP contribution >= 0.6 is 0 Å². The summed E-state index contributed by atoms with van der Waals surface area (Å²) in [6.07, 6.45) is 7.42. The van der Waals surface area contributed by atoms with Crippen LogP contribution in [0.1, 0.15) is 18.4 Å². The van der Waals surface area contributed by atoms with Crippen molar-refractivity contribution < 1.29 is 9.13 Å². The smallest absolute Gasteiger partial charge is 0.193 e. The molecule has 0 atom stereocenters. The molecule has 0 radical (unpaired) electrons. The first kappa shape index (κ1) is 20.1. The molecule has 30 heavy (non-hydrogen) atoms. The maximum absolute atomic E-state index is 13.7. The molecular weight excluding hydrogens is 381 g/mol. The molecular formula is C23H26FN5O. The Balaban J connectivity index is 1.71. The maximum atomic E-state index is 13.7. The monoisotopic (exact) mass is 407 g/mol. The number of nitrogens with zero attached hydrogens (tertiary/aromatic N) is 3. The molecule has 0 spiro atoms. The lowest BCUT2D eigenvalue weighted by Gasteiger charge is -2.26. The summed E-state index contributed by atoms with van der Waals surface area (Å²) in [6.45, 7) is 2.07. The molecule has 1 aromatic carbocycles. The van der Waals surface area contributed by atoms with Gasteiger partial charge in [-0.15, -0.1) is 0 Å². The van der Waals surface area contributed by atoms with Crippen LogP contribution in [0.4, 0.5) is 4.39 Å². The van der Waals surface area contributed by atoms with E-state index in [1.807, 2.05) is 18.3 Å². The highest BCUT2D eigenvalue weighted by molar-refractivity contribution is 6.11. The second kappa shape index (κ2) is 8.67. The van der Waals surface area contributed by atoms with E-state index < -0.39 is 0 Å². The van der Waals surface area contributed by atoms with Crippen LogP contribution in [0.3, 0.4) is 0 Å². The van der Waals surface area contributed by atoms with Gasteiger partial charge in [-0.2, -0.15) is 0 Å². The summed E-state index contributed by atoms with van der Waals surface area (Å²) in [7, 11) is 3.67. The summed E-state index contributed by atoms with van der Waals surface area (Å²) >= 11 is 0. The van der Waals surface area contributed by atoms with Crippen LogP contribution in [0.5, 0.6) is 0 Å². The number of hydrogen-bond acceptors (Lipinski definition) is 5. The molecule has 0 saturated carbocycles. The zero-order valence-corrected chi connectivity index (χ0v) is 17.2. The molecule has 0 unspecified atom stereocenters. The number of fused-ring (bicyclic) bond motifs is 1. The minimum atomic E-state index is -0.277. The number of aliphatic imine (C=N–C) groups is 1. The largest absolute Gasteiger partial charge is 0.482 e. The third-order valence-corrected chi connectivity index (χ3v) is 5.57. The number of hydrogen-bond donors (Lipinski definition) is 2. The van der Waals surface area contributed by atoms with Gasteiger partial charge in [0.25, 0.3) is 0 Å². The number of allylic oxidation sites excluding steroid dienone is 1. The van der Waals surface area contributed by atoms with Gasteiger partial charge in [0.05, 0.1) is 18.7 Å². The van der Waals surface area contributed by atoms with Crippen molar-refractivity contribution in [3.63, 3.8) is 0 Å². The Morgan fingerprint density at radius 3 is 2.87 bits per heavy atom. The predicted octanol–water partition coefficient (Wildman–Crippen LogP) is 3.81. The Morgan fingerprint density at radius 1 is 1.33 bits per heavy atom. The first-order chi connectivity index (χ1) is 14.5. The van der Waals surface area contributed by atoms with E-state index in [1.165, 1.54) is 12.1 Å². The third kappa shape index (κ3) is 4.21. The Labute approximate surface area is 175 Å². The molecule has 2 aromatic heterocycles. The van der Waals surface area contributed by atoms with E-state index in [1.54, 1.807) is 25.6 Å². The quantitative estimate of drug-likeness (QED) is 0.498. The van der Waals surface area contributed by atoms with Crippen molar-refractivity contribution in [2.75, 3.05) is 27.2 Å². The van der Waals surface area contributed by atoms with Crippen LogP contribution in [0, 0.1) is 5.82 Å². The number of H-pyrrole nitrogens is 1. The number of aromatic amines is 1. The summed E-state index contributed by atoms with van der Waals surface area (Å²) in [5.41, 5.74) is 10.0. The van der Waals surface area contributed by atoms with Gasteiger partial charge in [-0.25, -0.2) is 9.37 Å². The number of halogens is 1. The van der Waals surface area contributed by atoms with Crippen LogP contribution < -0.4 is 5.73 Å². The van der Waals surface area contributed by atoms with Gasteiger partial charge in [-0.1, -0.05) is 12.1 Å². The fraction of sp³-hybridized carbons (Fsp3) is 0.304. The average molecular weight is 407 g/mol. The van der Waals surface area contributed by atoms with Crippen molar-refractivity contribution in [2.45, 2.75) is 18.9 Å². The molecule has 6 nitrogen and oxygen atoms in total. The van der Waals surface area contributed by atoms with Crippen LogP contribution in [-0.4, -0.2) is 54.4 Å². The van der Waals surface area contributed by atoms with Crippen molar-refractivity contribution >= 4 is 22.8 Å². The van der Waals surface area contributed by atoms with Gasteiger partial charge >= 0.3 is 0 Å². The molecule has 3 aromatic rings. The Morgan fingerprint density at radius 2 is 2.13 bits per heavy atom. The fourth-order valence-corrected chi connectivity index (χ4v) is 3.76. The van der Waals surface area contributed by atoms with E-state index in [4.69, 9.17) is 15.5 Å². The zero-order valence-electron chi connectivity index (χ0n) is 17.2. The van der Waals surface area contributed by atoms with Gasteiger partial charge in [0.15, 0.2) is 5.88 Å². The van der Waals surface area contributed by atoms with E-state index in [0.29, 0.717) is 5.57 Å². The van der Waals surface area contributed by atoms with Gasteiger partial charge in [0, 0.05) is 35.1 Å². The highest BCUT2D eigenvalue weighted by Gasteiger charge is 2.16. The molecule has 3 heterocycles. The van der Waals surface area contributed by atoms with E-state index in [0.717, 1.165) is 53.7 Å². The number of likely N-dealkylation sites (tertiary alicyclic amines) is 1. The first-order valence-electron chi connectivity index (χ1n) is 10.0. The van der Waals surface area contributed by atoms with Crippen LogP contribution in [0.25, 0.3) is 27.7 Å². The number of methoxy groups -OCH3 is 1. The van der Waals surface area contributed by atoms with Crippen molar-refractivity contribution in [3.8, 4) is 11.1 Å². The third-order valence-electron chi connectivity index (χ3n) is 5.57. The fourth-order valence-electron chi connectivity index (χ4n) is 3.76. The molecule has 1 aliphatic heterocycles. The SMILES string of the molecule is CO/C(N)=C(/C=NC1CCN(C)CC1)c1cnc2[nH]cc(-c3cccc(F)c3)c2c1. The highest BCUT2D eigenvalue weighted by atomic mass is 19.1.